The molecule has 1 aliphatic rings. The predicted molar refractivity (Wildman–Crippen MR) is 105 cm³/mol. The first-order chi connectivity index (χ1) is 14.1. The molecule has 1 saturated carbocycles. The van der Waals surface area contributed by atoms with Crippen molar-refractivity contribution in [3.8, 4) is 5.75 Å². The van der Waals surface area contributed by atoms with Crippen LogP contribution in [0.3, 0.4) is 0 Å². The molecule has 29 heavy (non-hydrogen) atoms. The van der Waals surface area contributed by atoms with E-state index in [4.69, 9.17) is 4.74 Å². The van der Waals surface area contributed by atoms with Gasteiger partial charge in [0.15, 0.2) is 5.78 Å². The van der Waals surface area contributed by atoms with E-state index < -0.39 is 17.4 Å². The molecule has 4 rings (SSSR count). The molecule has 0 atom stereocenters. The molecule has 1 fully saturated rings. The molecular weight excluding hydrogens is 374 g/mol. The number of para-hydroxylation sites is 1. The Morgan fingerprint density at radius 2 is 1.76 bits per heavy atom. The van der Waals surface area contributed by atoms with Crippen molar-refractivity contribution < 1.29 is 18.3 Å². The quantitative estimate of drug-likeness (QED) is 0.531. The third-order valence-electron chi connectivity index (χ3n) is 5.23. The molecule has 2 aromatic carbocycles. The number of halogens is 2. The molecule has 0 amide bonds. The van der Waals surface area contributed by atoms with E-state index in [2.05, 4.69) is 5.10 Å². The zero-order valence-electron chi connectivity index (χ0n) is 16.0. The lowest BCUT2D eigenvalue weighted by Crippen LogP contribution is -2.13. The second-order valence-electron chi connectivity index (χ2n) is 7.33. The van der Waals surface area contributed by atoms with E-state index in [0.717, 1.165) is 36.3 Å². The minimum Gasteiger partial charge on any atom is -0.490 e. The topological polar surface area (TPSA) is 44.1 Å². The van der Waals surface area contributed by atoms with Gasteiger partial charge >= 0.3 is 0 Å². The van der Waals surface area contributed by atoms with Gasteiger partial charge in [-0.2, -0.15) is 5.10 Å². The van der Waals surface area contributed by atoms with Crippen LogP contribution in [0.2, 0.25) is 0 Å². The summed E-state index contributed by atoms with van der Waals surface area (Å²) in [6, 6.07) is 12.9. The van der Waals surface area contributed by atoms with Gasteiger partial charge in [0.05, 0.1) is 12.6 Å². The van der Waals surface area contributed by atoms with Crippen molar-refractivity contribution in [1.29, 1.82) is 0 Å². The number of ether oxygens (including phenoxy) is 1. The predicted octanol–water partition coefficient (Wildman–Crippen LogP) is 4.96. The SMILES string of the molecule is O=C(Cc1c(F)cccc1F)c1ccn(Cc2ccccc2OC2CCCC2)n1. The van der Waals surface area contributed by atoms with Crippen LogP contribution >= 0.6 is 0 Å². The first kappa shape index (κ1) is 19.3. The minimum atomic E-state index is -0.726. The molecule has 0 aliphatic heterocycles. The maximum absolute atomic E-state index is 13.8. The highest BCUT2D eigenvalue weighted by Crippen LogP contribution is 2.27. The molecule has 6 heteroatoms. The number of aromatic nitrogens is 2. The number of rotatable bonds is 7. The maximum Gasteiger partial charge on any atom is 0.187 e. The van der Waals surface area contributed by atoms with Gasteiger partial charge in [-0.1, -0.05) is 24.3 Å². The first-order valence-electron chi connectivity index (χ1n) is 9.84. The molecule has 0 spiro atoms. The average molecular weight is 396 g/mol. The van der Waals surface area contributed by atoms with Crippen molar-refractivity contribution in [2.75, 3.05) is 0 Å². The van der Waals surface area contributed by atoms with E-state index in [9.17, 15) is 13.6 Å². The van der Waals surface area contributed by atoms with Crippen LogP contribution in [-0.4, -0.2) is 21.7 Å². The summed E-state index contributed by atoms with van der Waals surface area (Å²) in [6.45, 7) is 0.449. The number of carbonyl (C=O) groups is 1. The van der Waals surface area contributed by atoms with Gasteiger partial charge in [0.1, 0.15) is 23.1 Å². The highest BCUT2D eigenvalue weighted by Gasteiger charge is 2.19. The van der Waals surface area contributed by atoms with Crippen molar-refractivity contribution in [1.82, 2.24) is 9.78 Å². The summed E-state index contributed by atoms with van der Waals surface area (Å²) in [5, 5.41) is 4.30. The third-order valence-corrected chi connectivity index (χ3v) is 5.23. The van der Waals surface area contributed by atoms with Gasteiger partial charge in [0.25, 0.3) is 0 Å². The first-order valence-corrected chi connectivity index (χ1v) is 9.84. The Morgan fingerprint density at radius 1 is 1.03 bits per heavy atom. The molecule has 4 nitrogen and oxygen atoms in total. The summed E-state index contributed by atoms with van der Waals surface area (Å²) in [5.74, 6) is -1.05. The smallest absolute Gasteiger partial charge is 0.187 e. The highest BCUT2D eigenvalue weighted by atomic mass is 19.1. The van der Waals surface area contributed by atoms with Gasteiger partial charge < -0.3 is 4.74 Å². The summed E-state index contributed by atoms with van der Waals surface area (Å²) in [5.41, 5.74) is 0.922. The van der Waals surface area contributed by atoms with Crippen molar-refractivity contribution in [3.05, 3.63) is 83.2 Å². The van der Waals surface area contributed by atoms with Crippen molar-refractivity contribution in [2.24, 2.45) is 0 Å². The summed E-state index contributed by atoms with van der Waals surface area (Å²) >= 11 is 0. The molecule has 0 saturated heterocycles. The van der Waals surface area contributed by atoms with Crippen LogP contribution < -0.4 is 4.74 Å². The Kier molecular flexibility index (Phi) is 5.69. The van der Waals surface area contributed by atoms with E-state index in [1.54, 1.807) is 16.9 Å². The van der Waals surface area contributed by atoms with Crippen LogP contribution in [-0.2, 0) is 13.0 Å². The van der Waals surface area contributed by atoms with E-state index >= 15 is 0 Å². The van der Waals surface area contributed by atoms with Crippen LogP contribution in [0.25, 0.3) is 0 Å². The fraction of sp³-hybridized carbons (Fsp3) is 0.304. The van der Waals surface area contributed by atoms with Crippen molar-refractivity contribution in [2.45, 2.75) is 44.8 Å². The van der Waals surface area contributed by atoms with Gasteiger partial charge in [-0.25, -0.2) is 8.78 Å². The number of hydrogen-bond acceptors (Lipinski definition) is 3. The summed E-state index contributed by atoms with van der Waals surface area (Å²) in [4.78, 5) is 12.4. The normalized spacial score (nSPS) is 14.3. The van der Waals surface area contributed by atoms with Gasteiger partial charge in [-0.3, -0.25) is 9.48 Å². The minimum absolute atomic E-state index is 0.182. The van der Waals surface area contributed by atoms with E-state index in [1.165, 1.54) is 18.9 Å². The number of Topliss-reactive ketones (excluding diaryl/α,β-unsaturated/α-hetero) is 1. The van der Waals surface area contributed by atoms with E-state index in [-0.39, 0.29) is 23.8 Å². The van der Waals surface area contributed by atoms with Crippen LogP contribution in [0.4, 0.5) is 8.78 Å². The number of ketones is 1. The Labute approximate surface area is 168 Å². The van der Waals surface area contributed by atoms with Crippen LogP contribution in [0.5, 0.6) is 5.75 Å². The lowest BCUT2D eigenvalue weighted by Gasteiger charge is -2.16. The second kappa shape index (κ2) is 8.55. The molecule has 0 radical (unpaired) electrons. The van der Waals surface area contributed by atoms with Gasteiger partial charge in [-0.05, 0) is 49.9 Å². The second-order valence-corrected chi connectivity index (χ2v) is 7.33. The standard InChI is InChI=1S/C23H22F2N2O2/c24-19-9-5-10-20(25)18(19)14-22(28)21-12-13-27(26-21)15-16-6-1-4-11-23(16)29-17-7-2-3-8-17/h1,4-6,9-13,17H,2-3,7-8,14-15H2. The molecule has 150 valence electrons. The van der Waals surface area contributed by atoms with Crippen LogP contribution in [0, 0.1) is 11.6 Å². The zero-order valence-corrected chi connectivity index (χ0v) is 16.0. The largest absolute Gasteiger partial charge is 0.490 e. The molecule has 3 aromatic rings. The molecule has 0 N–H and O–H groups in total. The number of benzene rings is 2. The molecule has 1 aromatic heterocycles. The number of hydrogen-bond donors (Lipinski definition) is 0. The van der Waals surface area contributed by atoms with E-state index in [0.29, 0.717) is 6.54 Å². The highest BCUT2D eigenvalue weighted by molar-refractivity contribution is 5.95. The Hall–Kier alpha value is -3.02. The molecule has 0 bridgehead atoms. The lowest BCUT2D eigenvalue weighted by molar-refractivity contribution is 0.0985. The zero-order chi connectivity index (χ0) is 20.2. The number of carbonyl (C=O) groups excluding carboxylic acids is 1. The summed E-state index contributed by atoms with van der Waals surface area (Å²) in [6.07, 6.45) is 6.11. The Bertz CT molecular complexity index is 989. The van der Waals surface area contributed by atoms with Crippen molar-refractivity contribution in [3.63, 3.8) is 0 Å². The van der Waals surface area contributed by atoms with Crippen LogP contribution in [0.15, 0.2) is 54.7 Å². The molecule has 0 unspecified atom stereocenters. The average Bonchev–Trinajstić information content (AvgIpc) is 3.38. The maximum atomic E-state index is 13.8. The molecule has 1 heterocycles. The fourth-order valence-electron chi connectivity index (χ4n) is 3.66. The van der Waals surface area contributed by atoms with Crippen LogP contribution in [0.1, 0.15) is 47.3 Å². The third kappa shape index (κ3) is 4.53. The van der Waals surface area contributed by atoms with Crippen molar-refractivity contribution >= 4 is 5.78 Å². The summed E-state index contributed by atoms with van der Waals surface area (Å²) in [7, 11) is 0. The van der Waals surface area contributed by atoms with Gasteiger partial charge in [-0.15, -0.1) is 0 Å². The van der Waals surface area contributed by atoms with E-state index in [1.807, 2.05) is 24.3 Å². The van der Waals surface area contributed by atoms with Gasteiger partial charge in [0.2, 0.25) is 0 Å². The Morgan fingerprint density at radius 3 is 2.52 bits per heavy atom. The van der Waals surface area contributed by atoms with Gasteiger partial charge in [0, 0.05) is 23.7 Å². The fourth-order valence-corrected chi connectivity index (χ4v) is 3.66. The molecule has 1 aliphatic carbocycles. The monoisotopic (exact) mass is 396 g/mol. The number of nitrogens with zero attached hydrogens (tertiary/aromatic N) is 2. The Balaban J connectivity index is 1.46. The summed E-state index contributed by atoms with van der Waals surface area (Å²) < 4.78 is 35.4. The lowest BCUT2D eigenvalue weighted by atomic mass is 10.1. The molecular formula is C23H22F2N2O2.